The lowest BCUT2D eigenvalue weighted by Crippen LogP contribution is -2.20. The van der Waals surface area contributed by atoms with E-state index in [4.69, 9.17) is 16.3 Å². The number of ether oxygens (including phenoxy) is 1. The summed E-state index contributed by atoms with van der Waals surface area (Å²) in [6.45, 7) is 7.85. The third-order valence-corrected chi connectivity index (χ3v) is 3.95. The van der Waals surface area contributed by atoms with Crippen LogP contribution in [0.4, 0.5) is 0 Å². The van der Waals surface area contributed by atoms with E-state index in [1.54, 1.807) is 6.92 Å². The van der Waals surface area contributed by atoms with E-state index in [0.29, 0.717) is 22.9 Å². The first kappa shape index (κ1) is 18.5. The molecule has 0 bridgehead atoms. The second kappa shape index (κ2) is 8.18. The van der Waals surface area contributed by atoms with Gasteiger partial charge in [-0.05, 0) is 49.8 Å². The number of esters is 1. The highest BCUT2D eigenvalue weighted by Crippen LogP contribution is 2.23. The van der Waals surface area contributed by atoms with Gasteiger partial charge in [-0.25, -0.2) is 9.59 Å². The fourth-order valence-corrected chi connectivity index (χ4v) is 2.27. The van der Waals surface area contributed by atoms with E-state index in [2.05, 4.69) is 13.8 Å². The van der Waals surface area contributed by atoms with Crippen molar-refractivity contribution in [2.24, 2.45) is 5.92 Å². The van der Waals surface area contributed by atoms with Crippen LogP contribution in [0, 0.1) is 12.8 Å². The number of carbonyl (C=O) groups is 2. The van der Waals surface area contributed by atoms with Crippen molar-refractivity contribution in [1.29, 1.82) is 0 Å². The molecule has 22 heavy (non-hydrogen) atoms. The number of benzene rings is 1. The van der Waals surface area contributed by atoms with Gasteiger partial charge in [0.2, 0.25) is 0 Å². The molecular formula is C17H23ClO4. The molecule has 4 nitrogen and oxygen atoms in total. The van der Waals surface area contributed by atoms with Crippen LogP contribution in [-0.2, 0) is 4.74 Å². The van der Waals surface area contributed by atoms with Crippen LogP contribution in [0.25, 0.3) is 0 Å². The minimum absolute atomic E-state index is 0.00565. The maximum Gasteiger partial charge on any atom is 0.339 e. The fraction of sp³-hybridized carbons (Fsp3) is 0.529. The smallest absolute Gasteiger partial charge is 0.339 e. The van der Waals surface area contributed by atoms with Crippen LogP contribution < -0.4 is 0 Å². The molecule has 1 unspecified atom stereocenters. The van der Waals surface area contributed by atoms with E-state index >= 15 is 0 Å². The SMILES string of the molecule is CCC(CCC(C)C)OC(=O)c1cc(Cl)c(C)cc1C(=O)O. The second-order valence-corrected chi connectivity index (χ2v) is 6.27. The molecule has 0 saturated carbocycles. The van der Waals surface area contributed by atoms with E-state index in [-0.39, 0.29) is 17.2 Å². The number of rotatable bonds is 7. The molecular weight excluding hydrogens is 304 g/mol. The Kier molecular flexibility index (Phi) is 6.88. The molecule has 1 aromatic rings. The number of carboxylic acids is 1. The third kappa shape index (κ3) is 5.02. The molecule has 0 amide bonds. The summed E-state index contributed by atoms with van der Waals surface area (Å²) in [5.41, 5.74) is 0.541. The van der Waals surface area contributed by atoms with Gasteiger partial charge < -0.3 is 9.84 Å². The molecule has 0 fully saturated rings. The number of hydrogen-bond acceptors (Lipinski definition) is 3. The molecule has 1 N–H and O–H groups in total. The van der Waals surface area contributed by atoms with Gasteiger partial charge in [-0.3, -0.25) is 0 Å². The fourth-order valence-electron chi connectivity index (χ4n) is 2.11. The quantitative estimate of drug-likeness (QED) is 0.736. The summed E-state index contributed by atoms with van der Waals surface area (Å²) in [6.07, 6.45) is 2.20. The molecule has 122 valence electrons. The molecule has 5 heteroatoms. The van der Waals surface area contributed by atoms with Gasteiger partial charge in [0.15, 0.2) is 0 Å². The zero-order valence-electron chi connectivity index (χ0n) is 13.5. The molecule has 1 rings (SSSR count). The minimum atomic E-state index is -1.16. The van der Waals surface area contributed by atoms with Gasteiger partial charge in [0, 0.05) is 5.02 Å². The first-order valence-electron chi connectivity index (χ1n) is 7.50. The Morgan fingerprint density at radius 1 is 1.23 bits per heavy atom. The van der Waals surface area contributed by atoms with E-state index in [9.17, 15) is 14.7 Å². The summed E-state index contributed by atoms with van der Waals surface area (Å²) in [4.78, 5) is 23.6. The van der Waals surface area contributed by atoms with Gasteiger partial charge in [-0.1, -0.05) is 32.4 Å². The summed E-state index contributed by atoms with van der Waals surface area (Å²) in [7, 11) is 0. The Labute approximate surface area is 136 Å². The summed E-state index contributed by atoms with van der Waals surface area (Å²) < 4.78 is 5.46. The van der Waals surface area contributed by atoms with Crippen LogP contribution >= 0.6 is 11.6 Å². The number of carboxylic acid groups (broad SMARTS) is 1. The summed E-state index contributed by atoms with van der Waals surface area (Å²) in [5.74, 6) is -1.27. The van der Waals surface area contributed by atoms with Crippen LogP contribution in [-0.4, -0.2) is 23.1 Å². The van der Waals surface area contributed by atoms with E-state index in [1.807, 2.05) is 6.92 Å². The van der Waals surface area contributed by atoms with Crippen LogP contribution in [0.5, 0.6) is 0 Å². The Balaban J connectivity index is 2.96. The Morgan fingerprint density at radius 2 is 1.86 bits per heavy atom. The largest absolute Gasteiger partial charge is 0.478 e. The van der Waals surface area contributed by atoms with Gasteiger partial charge in [-0.15, -0.1) is 0 Å². The number of hydrogen-bond donors (Lipinski definition) is 1. The van der Waals surface area contributed by atoms with Crippen LogP contribution in [0.2, 0.25) is 5.02 Å². The average Bonchev–Trinajstić information content (AvgIpc) is 2.45. The lowest BCUT2D eigenvalue weighted by Gasteiger charge is -2.18. The molecule has 0 saturated heterocycles. The highest BCUT2D eigenvalue weighted by Gasteiger charge is 2.22. The van der Waals surface area contributed by atoms with Gasteiger partial charge in [0.25, 0.3) is 0 Å². The molecule has 0 aliphatic rings. The third-order valence-electron chi connectivity index (χ3n) is 3.54. The van der Waals surface area contributed by atoms with Gasteiger partial charge in [0.05, 0.1) is 11.1 Å². The number of aryl methyl sites for hydroxylation is 1. The zero-order chi connectivity index (χ0) is 16.9. The first-order valence-corrected chi connectivity index (χ1v) is 7.88. The van der Waals surface area contributed by atoms with Crippen molar-refractivity contribution in [3.8, 4) is 0 Å². The van der Waals surface area contributed by atoms with Crippen molar-refractivity contribution in [2.45, 2.75) is 53.1 Å². The van der Waals surface area contributed by atoms with Gasteiger partial charge in [0.1, 0.15) is 6.10 Å². The van der Waals surface area contributed by atoms with Crippen molar-refractivity contribution in [2.75, 3.05) is 0 Å². The van der Waals surface area contributed by atoms with Crippen LogP contribution in [0.15, 0.2) is 12.1 Å². The Hall–Kier alpha value is -1.55. The van der Waals surface area contributed by atoms with E-state index < -0.39 is 11.9 Å². The van der Waals surface area contributed by atoms with Crippen molar-refractivity contribution < 1.29 is 19.4 Å². The second-order valence-electron chi connectivity index (χ2n) is 5.86. The molecule has 0 radical (unpaired) electrons. The molecule has 1 atom stereocenters. The molecule has 0 aromatic heterocycles. The van der Waals surface area contributed by atoms with Gasteiger partial charge in [-0.2, -0.15) is 0 Å². The predicted molar refractivity (Wildman–Crippen MR) is 86.7 cm³/mol. The van der Waals surface area contributed by atoms with Crippen molar-refractivity contribution >= 4 is 23.5 Å². The topological polar surface area (TPSA) is 63.6 Å². The first-order chi connectivity index (χ1) is 10.3. The van der Waals surface area contributed by atoms with E-state index in [1.165, 1.54) is 12.1 Å². The minimum Gasteiger partial charge on any atom is -0.478 e. The van der Waals surface area contributed by atoms with Crippen molar-refractivity contribution in [3.05, 3.63) is 33.8 Å². The van der Waals surface area contributed by atoms with Crippen molar-refractivity contribution in [3.63, 3.8) is 0 Å². The average molecular weight is 327 g/mol. The molecule has 0 heterocycles. The highest BCUT2D eigenvalue weighted by molar-refractivity contribution is 6.32. The maximum absolute atomic E-state index is 12.3. The lowest BCUT2D eigenvalue weighted by molar-refractivity contribution is 0.0255. The zero-order valence-corrected chi connectivity index (χ0v) is 14.2. The number of carbonyl (C=O) groups excluding carboxylic acids is 1. The van der Waals surface area contributed by atoms with Crippen LogP contribution in [0.3, 0.4) is 0 Å². The molecule has 0 aliphatic heterocycles. The number of halogens is 1. The Morgan fingerprint density at radius 3 is 2.36 bits per heavy atom. The molecule has 0 aliphatic carbocycles. The monoisotopic (exact) mass is 326 g/mol. The summed E-state index contributed by atoms with van der Waals surface area (Å²) >= 11 is 6.01. The van der Waals surface area contributed by atoms with Gasteiger partial charge >= 0.3 is 11.9 Å². The predicted octanol–water partition coefficient (Wildman–Crippen LogP) is 4.72. The number of aromatic carboxylic acids is 1. The Bertz CT molecular complexity index is 552. The normalized spacial score (nSPS) is 12.3. The molecule has 0 spiro atoms. The van der Waals surface area contributed by atoms with Crippen molar-refractivity contribution in [1.82, 2.24) is 0 Å². The lowest BCUT2D eigenvalue weighted by atomic mass is 10.0. The van der Waals surface area contributed by atoms with E-state index in [0.717, 1.165) is 12.8 Å². The standard InChI is InChI=1S/C17H23ClO4/c1-5-12(7-6-10(2)3)22-17(21)14-9-15(18)11(4)8-13(14)16(19)20/h8-10,12H,5-7H2,1-4H3,(H,19,20). The summed E-state index contributed by atoms with van der Waals surface area (Å²) in [5, 5.41) is 9.60. The summed E-state index contributed by atoms with van der Waals surface area (Å²) in [6, 6.07) is 2.77. The molecule has 1 aromatic carbocycles. The highest BCUT2D eigenvalue weighted by atomic mass is 35.5. The maximum atomic E-state index is 12.3. The van der Waals surface area contributed by atoms with Crippen LogP contribution in [0.1, 0.15) is 66.3 Å².